The minimum atomic E-state index is -0.434. The average Bonchev–Trinajstić information content (AvgIpc) is 2.88. The van der Waals surface area contributed by atoms with Gasteiger partial charge in [0, 0.05) is 19.3 Å². The van der Waals surface area contributed by atoms with E-state index in [0.29, 0.717) is 44.1 Å². The van der Waals surface area contributed by atoms with Crippen LogP contribution in [0.2, 0.25) is 0 Å². The van der Waals surface area contributed by atoms with Gasteiger partial charge in [0.25, 0.3) is 5.91 Å². The normalized spacial score (nSPS) is 21.2. The lowest BCUT2D eigenvalue weighted by molar-refractivity contribution is -0.135. The highest BCUT2D eigenvalue weighted by Crippen LogP contribution is 2.38. The summed E-state index contributed by atoms with van der Waals surface area (Å²) in [6, 6.07) is 13.7. The molecule has 3 heterocycles. The standard InChI is InChI=1S/C29H39N3O3/c1-22(2)20-24-21-35-26-13-6-5-11-23(26)10-4-3-8-14-29(28(34)31-24)15-18-32(19-16-29)27(33)25-12-7-9-17-30-25/h5-7,9,11-13,17,22,24H,3-4,8,10,14-16,18-21H2,1-2H3,(H,31,34)/t24-/m0/s1. The van der Waals surface area contributed by atoms with Crippen LogP contribution in [0.4, 0.5) is 0 Å². The molecular formula is C29H39N3O3. The van der Waals surface area contributed by atoms with Crippen molar-refractivity contribution in [2.75, 3.05) is 19.7 Å². The highest BCUT2D eigenvalue weighted by atomic mass is 16.5. The van der Waals surface area contributed by atoms with Gasteiger partial charge in [-0.2, -0.15) is 0 Å². The predicted octanol–water partition coefficient (Wildman–Crippen LogP) is 5.03. The Hall–Kier alpha value is -2.89. The van der Waals surface area contributed by atoms with Gasteiger partial charge in [0.1, 0.15) is 18.1 Å². The fourth-order valence-corrected chi connectivity index (χ4v) is 5.45. The van der Waals surface area contributed by atoms with Crippen LogP contribution in [-0.2, 0) is 11.2 Å². The molecule has 4 rings (SSSR count). The fourth-order valence-electron chi connectivity index (χ4n) is 5.45. The van der Waals surface area contributed by atoms with Crippen molar-refractivity contribution in [2.24, 2.45) is 11.3 Å². The Morgan fingerprint density at radius 1 is 1.09 bits per heavy atom. The number of carbonyl (C=O) groups excluding carboxylic acids is 2. The Balaban J connectivity index is 1.49. The number of nitrogens with one attached hydrogen (secondary N) is 1. The number of nitrogens with zero attached hydrogens (tertiary/aromatic N) is 2. The molecule has 1 spiro atoms. The van der Waals surface area contributed by atoms with Crippen LogP contribution in [0, 0.1) is 11.3 Å². The van der Waals surface area contributed by atoms with Crippen molar-refractivity contribution in [3.05, 3.63) is 59.9 Å². The van der Waals surface area contributed by atoms with Crippen molar-refractivity contribution < 1.29 is 14.3 Å². The summed E-state index contributed by atoms with van der Waals surface area (Å²) >= 11 is 0. The van der Waals surface area contributed by atoms with Crippen LogP contribution in [0.1, 0.15) is 74.8 Å². The van der Waals surface area contributed by atoms with E-state index >= 15 is 0 Å². The molecule has 35 heavy (non-hydrogen) atoms. The van der Waals surface area contributed by atoms with Crippen molar-refractivity contribution in [1.82, 2.24) is 15.2 Å². The second kappa shape index (κ2) is 11.7. The van der Waals surface area contributed by atoms with Gasteiger partial charge in [-0.3, -0.25) is 14.6 Å². The number of hydrogen-bond donors (Lipinski definition) is 1. The van der Waals surface area contributed by atoms with E-state index in [1.165, 1.54) is 5.56 Å². The van der Waals surface area contributed by atoms with Crippen molar-refractivity contribution in [3.8, 4) is 5.75 Å². The monoisotopic (exact) mass is 477 g/mol. The van der Waals surface area contributed by atoms with Crippen molar-refractivity contribution in [2.45, 2.75) is 71.3 Å². The molecule has 1 saturated heterocycles. The Kier molecular flexibility index (Phi) is 8.42. The molecule has 6 nitrogen and oxygen atoms in total. The molecule has 2 amide bonds. The Bertz CT molecular complexity index is 984. The molecule has 1 atom stereocenters. The molecule has 6 heteroatoms. The number of aryl methyl sites for hydroxylation is 1. The zero-order valence-corrected chi connectivity index (χ0v) is 21.2. The van der Waals surface area contributed by atoms with E-state index in [2.05, 4.69) is 36.3 Å². The summed E-state index contributed by atoms with van der Waals surface area (Å²) < 4.78 is 6.26. The maximum absolute atomic E-state index is 13.8. The number of pyridine rings is 1. The molecule has 0 saturated carbocycles. The molecule has 1 aromatic heterocycles. The number of para-hydroxylation sites is 1. The molecule has 2 aliphatic heterocycles. The van der Waals surface area contributed by atoms with Gasteiger partial charge in [0.05, 0.1) is 11.5 Å². The van der Waals surface area contributed by atoms with E-state index in [0.717, 1.165) is 44.3 Å². The third-order valence-corrected chi connectivity index (χ3v) is 7.48. The van der Waals surface area contributed by atoms with E-state index in [1.807, 2.05) is 29.2 Å². The third kappa shape index (κ3) is 6.41. The van der Waals surface area contributed by atoms with Crippen LogP contribution in [0.5, 0.6) is 5.75 Å². The van der Waals surface area contributed by atoms with Crippen LogP contribution >= 0.6 is 0 Å². The number of carbonyl (C=O) groups is 2. The maximum atomic E-state index is 13.8. The summed E-state index contributed by atoms with van der Waals surface area (Å²) in [6.07, 6.45) is 8.92. The number of piperidine rings is 1. The van der Waals surface area contributed by atoms with Crippen LogP contribution in [0.15, 0.2) is 48.7 Å². The molecule has 1 fully saturated rings. The van der Waals surface area contributed by atoms with Gasteiger partial charge in [-0.1, -0.05) is 51.0 Å². The smallest absolute Gasteiger partial charge is 0.272 e. The van der Waals surface area contributed by atoms with Gasteiger partial charge in [-0.15, -0.1) is 0 Å². The van der Waals surface area contributed by atoms with Gasteiger partial charge in [-0.05, 0) is 68.2 Å². The highest BCUT2D eigenvalue weighted by molar-refractivity contribution is 5.92. The molecule has 0 bridgehead atoms. The minimum absolute atomic E-state index is 0.0404. The fraction of sp³-hybridized carbons (Fsp3) is 0.552. The van der Waals surface area contributed by atoms with Crippen molar-refractivity contribution >= 4 is 11.8 Å². The van der Waals surface area contributed by atoms with E-state index in [1.54, 1.807) is 12.3 Å². The summed E-state index contributed by atoms with van der Waals surface area (Å²) in [5.41, 5.74) is 1.28. The molecule has 2 aliphatic rings. The summed E-state index contributed by atoms with van der Waals surface area (Å²) in [4.78, 5) is 32.8. The van der Waals surface area contributed by atoms with Crippen molar-refractivity contribution in [1.29, 1.82) is 0 Å². The number of likely N-dealkylation sites (tertiary alicyclic amines) is 1. The molecule has 0 radical (unpaired) electrons. The second-order valence-corrected chi connectivity index (χ2v) is 10.6. The molecule has 0 unspecified atom stereocenters. The first kappa shape index (κ1) is 25.2. The second-order valence-electron chi connectivity index (χ2n) is 10.6. The van der Waals surface area contributed by atoms with Crippen molar-refractivity contribution in [3.63, 3.8) is 0 Å². The van der Waals surface area contributed by atoms with Gasteiger partial charge in [0.15, 0.2) is 0 Å². The Labute approximate surface area is 209 Å². The number of ether oxygens (including phenoxy) is 1. The number of rotatable bonds is 3. The molecular weight excluding hydrogens is 438 g/mol. The van der Waals surface area contributed by atoms with Crippen LogP contribution in [-0.4, -0.2) is 47.4 Å². The maximum Gasteiger partial charge on any atom is 0.272 e. The lowest BCUT2D eigenvalue weighted by Gasteiger charge is -2.41. The first-order valence-electron chi connectivity index (χ1n) is 13.2. The minimum Gasteiger partial charge on any atom is -0.491 e. The van der Waals surface area contributed by atoms with Gasteiger partial charge >= 0.3 is 0 Å². The average molecular weight is 478 g/mol. The van der Waals surface area contributed by atoms with Gasteiger partial charge in [-0.25, -0.2) is 0 Å². The molecule has 1 N–H and O–H groups in total. The number of hydrogen-bond acceptors (Lipinski definition) is 4. The SMILES string of the molecule is CC(C)C[C@H]1COc2ccccc2CCCCCC2(CCN(C(=O)c3ccccn3)CC2)C(=O)N1. The zero-order chi connectivity index (χ0) is 24.7. The van der Waals surface area contributed by atoms with Crippen LogP contribution in [0.25, 0.3) is 0 Å². The first-order valence-corrected chi connectivity index (χ1v) is 13.2. The largest absolute Gasteiger partial charge is 0.491 e. The Morgan fingerprint density at radius 3 is 2.60 bits per heavy atom. The van der Waals surface area contributed by atoms with E-state index in [9.17, 15) is 9.59 Å². The topological polar surface area (TPSA) is 71.5 Å². The lowest BCUT2D eigenvalue weighted by Crippen LogP contribution is -2.53. The number of fused-ring (bicyclic) bond motifs is 1. The summed E-state index contributed by atoms with van der Waals surface area (Å²) in [5.74, 6) is 1.47. The van der Waals surface area contributed by atoms with Gasteiger partial charge in [0.2, 0.25) is 5.91 Å². The van der Waals surface area contributed by atoms with E-state index in [-0.39, 0.29) is 17.9 Å². The Morgan fingerprint density at radius 2 is 1.86 bits per heavy atom. The summed E-state index contributed by atoms with van der Waals surface area (Å²) in [5, 5.41) is 3.37. The molecule has 188 valence electrons. The molecule has 0 aliphatic carbocycles. The van der Waals surface area contributed by atoms with E-state index < -0.39 is 5.41 Å². The van der Waals surface area contributed by atoms with Crippen LogP contribution in [0.3, 0.4) is 0 Å². The van der Waals surface area contributed by atoms with E-state index in [4.69, 9.17) is 4.74 Å². The summed E-state index contributed by atoms with van der Waals surface area (Å²) in [7, 11) is 0. The quantitative estimate of drug-likeness (QED) is 0.673. The lowest BCUT2D eigenvalue weighted by atomic mass is 9.73. The van der Waals surface area contributed by atoms with Gasteiger partial charge < -0.3 is 15.0 Å². The summed E-state index contributed by atoms with van der Waals surface area (Å²) in [6.45, 7) is 6.00. The highest BCUT2D eigenvalue weighted by Gasteiger charge is 2.42. The number of benzene rings is 1. The predicted molar refractivity (Wildman–Crippen MR) is 137 cm³/mol. The zero-order valence-electron chi connectivity index (χ0n) is 21.2. The first-order chi connectivity index (χ1) is 17.0. The number of aromatic nitrogens is 1. The number of amides is 2. The molecule has 2 aromatic rings. The molecule has 1 aromatic carbocycles. The van der Waals surface area contributed by atoms with Crippen LogP contribution < -0.4 is 10.1 Å². The third-order valence-electron chi connectivity index (χ3n) is 7.48.